The smallest absolute Gasteiger partial charge is 0.306 e. The van der Waals surface area contributed by atoms with Crippen molar-refractivity contribution in [3.05, 3.63) is 0 Å². The predicted octanol–water partition coefficient (Wildman–Crippen LogP) is 3.84. The zero-order valence-corrected chi connectivity index (χ0v) is 17.7. The number of ether oxygens (including phenoxy) is 2. The Morgan fingerprint density at radius 3 is 1.89 bits per heavy atom. The number of unbranched alkanes of at least 4 members (excludes halogenated alkanes) is 12. The van der Waals surface area contributed by atoms with Crippen LogP contribution in [0.4, 0.5) is 0 Å². The number of hydrogen-bond donors (Lipinski definition) is 3. The van der Waals surface area contributed by atoms with E-state index >= 15 is 0 Å². The minimum Gasteiger partial charge on any atom is -0.456 e. The molecule has 6 nitrogen and oxygen atoms in total. The summed E-state index contributed by atoms with van der Waals surface area (Å²) in [4.78, 5) is 12.0. The minimum absolute atomic E-state index is 0.192. The maximum absolute atomic E-state index is 12.0. The van der Waals surface area contributed by atoms with Crippen molar-refractivity contribution in [2.45, 2.75) is 121 Å². The van der Waals surface area contributed by atoms with Crippen molar-refractivity contribution in [2.24, 2.45) is 0 Å². The third-order valence-corrected chi connectivity index (χ3v) is 5.54. The van der Waals surface area contributed by atoms with E-state index in [-0.39, 0.29) is 19.0 Å². The van der Waals surface area contributed by atoms with Gasteiger partial charge in [0.2, 0.25) is 5.79 Å². The lowest BCUT2D eigenvalue weighted by Crippen LogP contribution is -2.45. The van der Waals surface area contributed by atoms with Gasteiger partial charge in [0, 0.05) is 12.8 Å². The molecule has 1 saturated heterocycles. The van der Waals surface area contributed by atoms with Crippen LogP contribution in [0.5, 0.6) is 0 Å². The second-order valence-corrected chi connectivity index (χ2v) is 8.13. The van der Waals surface area contributed by atoms with Gasteiger partial charge in [-0.1, -0.05) is 84.0 Å². The van der Waals surface area contributed by atoms with Gasteiger partial charge in [0.25, 0.3) is 0 Å². The van der Waals surface area contributed by atoms with E-state index in [1.165, 1.54) is 64.2 Å². The Morgan fingerprint density at radius 2 is 1.43 bits per heavy atom. The summed E-state index contributed by atoms with van der Waals surface area (Å²) in [5.41, 5.74) is 0. The maximum atomic E-state index is 12.0. The molecule has 3 atom stereocenters. The van der Waals surface area contributed by atoms with Gasteiger partial charge in [-0.25, -0.2) is 0 Å². The molecule has 166 valence electrons. The normalized spacial score (nSPS) is 24.6. The van der Waals surface area contributed by atoms with Crippen molar-refractivity contribution in [3.8, 4) is 0 Å². The van der Waals surface area contributed by atoms with E-state index in [9.17, 15) is 15.0 Å². The summed E-state index contributed by atoms with van der Waals surface area (Å²) < 4.78 is 10.4. The van der Waals surface area contributed by atoms with E-state index in [4.69, 9.17) is 14.6 Å². The first-order chi connectivity index (χ1) is 13.6. The van der Waals surface area contributed by atoms with E-state index in [0.717, 1.165) is 19.3 Å². The van der Waals surface area contributed by atoms with Crippen molar-refractivity contribution < 1.29 is 29.6 Å². The standard InChI is InChI=1S/C22H42O6/c1-2-3-4-5-6-7-8-9-10-11-12-13-14-15-21(25)27-20-16-19(17-23)28-22(20,26)18-24/h19-20,23-24,26H,2-18H2,1H3. The third kappa shape index (κ3) is 10.2. The largest absolute Gasteiger partial charge is 0.456 e. The lowest BCUT2D eigenvalue weighted by atomic mass is 10.0. The number of esters is 1. The third-order valence-electron chi connectivity index (χ3n) is 5.54. The Kier molecular flexibility index (Phi) is 13.8. The van der Waals surface area contributed by atoms with Crippen molar-refractivity contribution >= 4 is 5.97 Å². The highest BCUT2D eigenvalue weighted by molar-refractivity contribution is 5.69. The van der Waals surface area contributed by atoms with Crippen LogP contribution in [0.2, 0.25) is 0 Å². The highest BCUT2D eigenvalue weighted by Crippen LogP contribution is 2.31. The lowest BCUT2D eigenvalue weighted by Gasteiger charge is -2.26. The first-order valence-corrected chi connectivity index (χ1v) is 11.4. The number of carbonyl (C=O) groups is 1. The van der Waals surface area contributed by atoms with Crippen LogP contribution in [-0.4, -0.2) is 52.5 Å². The molecule has 1 aliphatic rings. The van der Waals surface area contributed by atoms with E-state index in [1.54, 1.807) is 0 Å². The topological polar surface area (TPSA) is 96.2 Å². The van der Waals surface area contributed by atoms with E-state index in [1.807, 2.05) is 0 Å². The Morgan fingerprint density at radius 1 is 0.929 bits per heavy atom. The number of hydrogen-bond acceptors (Lipinski definition) is 6. The zero-order chi connectivity index (χ0) is 20.7. The molecule has 0 amide bonds. The lowest BCUT2D eigenvalue weighted by molar-refractivity contribution is -0.253. The fourth-order valence-electron chi connectivity index (χ4n) is 3.73. The summed E-state index contributed by atoms with van der Waals surface area (Å²) in [6.07, 6.45) is 15.1. The van der Waals surface area contributed by atoms with Gasteiger partial charge in [0.15, 0.2) is 6.10 Å². The molecule has 1 heterocycles. The molecule has 0 bridgehead atoms. The van der Waals surface area contributed by atoms with Gasteiger partial charge in [-0.15, -0.1) is 0 Å². The molecule has 0 radical (unpaired) electrons. The number of aliphatic hydroxyl groups is 3. The van der Waals surface area contributed by atoms with E-state index in [2.05, 4.69) is 6.92 Å². The average Bonchev–Trinajstić information content (AvgIpc) is 3.01. The summed E-state index contributed by atoms with van der Waals surface area (Å²) in [7, 11) is 0. The summed E-state index contributed by atoms with van der Waals surface area (Å²) in [5.74, 6) is -2.29. The van der Waals surface area contributed by atoms with Gasteiger partial charge in [-0.2, -0.15) is 0 Å². The van der Waals surface area contributed by atoms with Gasteiger partial charge < -0.3 is 24.8 Å². The molecular weight excluding hydrogens is 360 g/mol. The summed E-state index contributed by atoms with van der Waals surface area (Å²) >= 11 is 0. The summed E-state index contributed by atoms with van der Waals surface area (Å²) in [6, 6.07) is 0. The predicted molar refractivity (Wildman–Crippen MR) is 109 cm³/mol. The molecule has 0 aromatic rings. The Balaban J connectivity index is 1.97. The molecule has 0 aliphatic carbocycles. The van der Waals surface area contributed by atoms with Crippen LogP contribution in [0.15, 0.2) is 0 Å². The molecular formula is C22H42O6. The van der Waals surface area contributed by atoms with Gasteiger partial charge in [-0.05, 0) is 6.42 Å². The minimum atomic E-state index is -1.90. The monoisotopic (exact) mass is 402 g/mol. The Hall–Kier alpha value is -0.690. The van der Waals surface area contributed by atoms with Crippen molar-refractivity contribution in [2.75, 3.05) is 13.2 Å². The number of rotatable bonds is 17. The van der Waals surface area contributed by atoms with Crippen molar-refractivity contribution in [1.82, 2.24) is 0 Å². The molecule has 0 saturated carbocycles. The van der Waals surface area contributed by atoms with Gasteiger partial charge in [-0.3, -0.25) is 4.79 Å². The van der Waals surface area contributed by atoms with Crippen molar-refractivity contribution in [1.29, 1.82) is 0 Å². The fraction of sp³-hybridized carbons (Fsp3) is 0.955. The molecule has 0 aromatic carbocycles. The van der Waals surface area contributed by atoms with Crippen LogP contribution >= 0.6 is 0 Å². The van der Waals surface area contributed by atoms with Crippen LogP contribution in [0.1, 0.15) is 103 Å². The molecule has 1 rings (SSSR count). The molecule has 0 spiro atoms. The second kappa shape index (κ2) is 15.2. The van der Waals surface area contributed by atoms with Crippen LogP contribution in [0.25, 0.3) is 0 Å². The van der Waals surface area contributed by atoms with Gasteiger partial charge >= 0.3 is 5.97 Å². The Labute approximate surface area is 170 Å². The number of carbonyl (C=O) groups excluding carboxylic acids is 1. The molecule has 3 N–H and O–H groups in total. The molecule has 0 aromatic heterocycles. The van der Waals surface area contributed by atoms with Crippen LogP contribution < -0.4 is 0 Å². The van der Waals surface area contributed by atoms with Crippen LogP contribution in [0, 0.1) is 0 Å². The van der Waals surface area contributed by atoms with Crippen molar-refractivity contribution in [3.63, 3.8) is 0 Å². The molecule has 1 aliphatic heterocycles. The first kappa shape index (κ1) is 25.3. The Bertz CT molecular complexity index is 402. The average molecular weight is 403 g/mol. The molecule has 3 unspecified atom stereocenters. The van der Waals surface area contributed by atoms with E-state index < -0.39 is 24.6 Å². The number of aliphatic hydroxyl groups excluding tert-OH is 2. The fourth-order valence-corrected chi connectivity index (χ4v) is 3.73. The van der Waals surface area contributed by atoms with Gasteiger partial charge in [0.05, 0.1) is 12.7 Å². The highest BCUT2D eigenvalue weighted by Gasteiger charge is 2.49. The first-order valence-electron chi connectivity index (χ1n) is 11.4. The second-order valence-electron chi connectivity index (χ2n) is 8.13. The SMILES string of the molecule is CCCCCCCCCCCCCCCC(=O)OC1CC(CO)OC1(O)CO. The molecule has 1 fully saturated rings. The quantitative estimate of drug-likeness (QED) is 0.253. The molecule has 6 heteroatoms. The maximum Gasteiger partial charge on any atom is 0.306 e. The highest BCUT2D eigenvalue weighted by atomic mass is 16.7. The van der Waals surface area contributed by atoms with Gasteiger partial charge in [0.1, 0.15) is 6.61 Å². The molecule has 28 heavy (non-hydrogen) atoms. The van der Waals surface area contributed by atoms with Crippen LogP contribution in [0.3, 0.4) is 0 Å². The van der Waals surface area contributed by atoms with E-state index in [0.29, 0.717) is 6.42 Å². The summed E-state index contributed by atoms with van der Waals surface area (Å²) in [5, 5.41) is 28.5. The summed E-state index contributed by atoms with van der Waals surface area (Å²) in [6.45, 7) is 1.30. The zero-order valence-electron chi connectivity index (χ0n) is 17.7. The van der Waals surface area contributed by atoms with Crippen LogP contribution in [-0.2, 0) is 14.3 Å².